The summed E-state index contributed by atoms with van der Waals surface area (Å²) >= 11 is 0. The molecule has 0 amide bonds. The predicted molar refractivity (Wildman–Crippen MR) is 91.3 cm³/mol. The molecular formula is C19H32O4. The second-order valence-electron chi connectivity index (χ2n) is 7.34. The van der Waals surface area contributed by atoms with E-state index < -0.39 is 22.8 Å². The summed E-state index contributed by atoms with van der Waals surface area (Å²) < 4.78 is 0. The van der Waals surface area contributed by atoms with E-state index in [2.05, 4.69) is 6.92 Å². The van der Waals surface area contributed by atoms with Crippen molar-refractivity contribution < 1.29 is 19.8 Å². The molecule has 3 unspecified atom stereocenters. The van der Waals surface area contributed by atoms with Crippen molar-refractivity contribution in [3.8, 4) is 0 Å². The summed E-state index contributed by atoms with van der Waals surface area (Å²) in [6.07, 6.45) is 9.39. The first-order chi connectivity index (χ1) is 10.8. The molecule has 23 heavy (non-hydrogen) atoms. The van der Waals surface area contributed by atoms with E-state index in [4.69, 9.17) is 0 Å². The minimum absolute atomic E-state index is 0.166. The molecule has 0 saturated heterocycles. The number of allylic oxidation sites excluding steroid dienone is 2. The van der Waals surface area contributed by atoms with Crippen molar-refractivity contribution in [2.24, 2.45) is 22.7 Å². The Morgan fingerprint density at radius 1 is 0.957 bits per heavy atom. The first kappa shape index (κ1) is 19.7. The standard InChI is InChI=1S/C19H32O4/c1-5-6-7-8-11-15(4)19(17(22)23)13-10-9-12-18(19,14(2)3)16(20)21/h9-10,14-15H,5-8,11-13H2,1-4H3,(H,20,21)(H,22,23). The van der Waals surface area contributed by atoms with E-state index in [0.717, 1.165) is 32.1 Å². The zero-order valence-electron chi connectivity index (χ0n) is 15.0. The molecule has 3 atom stereocenters. The number of carboxylic acids is 2. The molecule has 0 aliphatic heterocycles. The molecule has 0 saturated carbocycles. The molecule has 0 heterocycles. The van der Waals surface area contributed by atoms with Gasteiger partial charge in [0.25, 0.3) is 0 Å². The van der Waals surface area contributed by atoms with Gasteiger partial charge in [-0.1, -0.05) is 65.5 Å². The summed E-state index contributed by atoms with van der Waals surface area (Å²) in [6.45, 7) is 7.76. The largest absolute Gasteiger partial charge is 0.481 e. The highest BCUT2D eigenvalue weighted by Gasteiger charge is 2.64. The highest BCUT2D eigenvalue weighted by Crippen LogP contribution is 2.58. The Balaban J connectivity index is 3.24. The van der Waals surface area contributed by atoms with E-state index in [0.29, 0.717) is 12.8 Å². The molecule has 0 bridgehead atoms. The van der Waals surface area contributed by atoms with E-state index in [9.17, 15) is 19.8 Å². The topological polar surface area (TPSA) is 74.6 Å². The summed E-state index contributed by atoms with van der Waals surface area (Å²) in [5.41, 5.74) is -2.47. The van der Waals surface area contributed by atoms with Gasteiger partial charge in [-0.2, -0.15) is 0 Å². The van der Waals surface area contributed by atoms with Crippen LogP contribution in [0.2, 0.25) is 0 Å². The fourth-order valence-electron chi connectivity index (χ4n) is 4.43. The van der Waals surface area contributed by atoms with Gasteiger partial charge in [-0.05, 0) is 31.1 Å². The summed E-state index contributed by atoms with van der Waals surface area (Å²) in [6, 6.07) is 0. The summed E-state index contributed by atoms with van der Waals surface area (Å²) in [5.74, 6) is -2.33. The van der Waals surface area contributed by atoms with Gasteiger partial charge in [-0.25, -0.2) is 0 Å². The van der Waals surface area contributed by atoms with Crippen LogP contribution in [-0.4, -0.2) is 22.2 Å². The normalized spacial score (nSPS) is 28.7. The molecule has 0 fully saturated rings. The molecular weight excluding hydrogens is 292 g/mol. The number of hydrogen-bond donors (Lipinski definition) is 2. The van der Waals surface area contributed by atoms with Crippen molar-refractivity contribution in [3.63, 3.8) is 0 Å². The van der Waals surface area contributed by atoms with Crippen molar-refractivity contribution >= 4 is 11.9 Å². The van der Waals surface area contributed by atoms with Crippen molar-refractivity contribution in [3.05, 3.63) is 12.2 Å². The first-order valence-electron chi connectivity index (χ1n) is 8.89. The van der Waals surface area contributed by atoms with Crippen LogP contribution in [0.3, 0.4) is 0 Å². The predicted octanol–water partition coefficient (Wildman–Crippen LogP) is 4.74. The monoisotopic (exact) mass is 324 g/mol. The number of carboxylic acid groups (broad SMARTS) is 2. The molecule has 4 heteroatoms. The van der Waals surface area contributed by atoms with Gasteiger partial charge in [0.15, 0.2) is 0 Å². The Kier molecular flexibility index (Phi) is 6.84. The Hall–Kier alpha value is -1.32. The Bertz CT molecular complexity index is 454. The van der Waals surface area contributed by atoms with Crippen molar-refractivity contribution in [2.75, 3.05) is 0 Å². The third-order valence-corrected chi connectivity index (χ3v) is 5.92. The SMILES string of the molecule is CCCCCCC(C)C1(C(=O)O)CC=CCC1(C(=O)O)C(C)C. The van der Waals surface area contributed by atoms with Crippen LogP contribution in [0.1, 0.15) is 72.6 Å². The third-order valence-electron chi connectivity index (χ3n) is 5.92. The van der Waals surface area contributed by atoms with Crippen LogP contribution in [-0.2, 0) is 9.59 Å². The maximum absolute atomic E-state index is 12.3. The minimum atomic E-state index is -1.24. The van der Waals surface area contributed by atoms with Crippen molar-refractivity contribution in [2.45, 2.75) is 72.6 Å². The van der Waals surface area contributed by atoms with Crippen LogP contribution in [0.25, 0.3) is 0 Å². The van der Waals surface area contributed by atoms with Gasteiger partial charge in [0.1, 0.15) is 0 Å². The number of hydrogen-bond acceptors (Lipinski definition) is 2. The lowest BCUT2D eigenvalue weighted by atomic mass is 9.48. The van der Waals surface area contributed by atoms with E-state index in [1.54, 1.807) is 0 Å². The molecule has 2 N–H and O–H groups in total. The van der Waals surface area contributed by atoms with Crippen LogP contribution < -0.4 is 0 Å². The summed E-state index contributed by atoms with van der Waals surface area (Å²) in [5, 5.41) is 20.1. The highest BCUT2D eigenvalue weighted by molar-refractivity contribution is 5.88. The van der Waals surface area contributed by atoms with Gasteiger partial charge in [-0.15, -0.1) is 0 Å². The van der Waals surface area contributed by atoms with Crippen LogP contribution >= 0.6 is 0 Å². The maximum Gasteiger partial charge on any atom is 0.311 e. The molecule has 132 valence electrons. The maximum atomic E-state index is 12.3. The lowest BCUT2D eigenvalue weighted by Gasteiger charge is -2.52. The van der Waals surface area contributed by atoms with Gasteiger partial charge in [-0.3, -0.25) is 9.59 Å². The van der Waals surface area contributed by atoms with E-state index in [1.165, 1.54) is 0 Å². The van der Waals surface area contributed by atoms with E-state index in [-0.39, 0.29) is 11.8 Å². The second kappa shape index (κ2) is 7.98. The van der Waals surface area contributed by atoms with Crippen molar-refractivity contribution in [1.29, 1.82) is 0 Å². The Labute approximate surface area is 140 Å². The Morgan fingerprint density at radius 3 is 1.91 bits per heavy atom. The van der Waals surface area contributed by atoms with Crippen LogP contribution in [0.4, 0.5) is 0 Å². The summed E-state index contributed by atoms with van der Waals surface area (Å²) in [7, 11) is 0. The minimum Gasteiger partial charge on any atom is -0.481 e. The Morgan fingerprint density at radius 2 is 1.48 bits per heavy atom. The molecule has 0 aromatic rings. The summed E-state index contributed by atoms with van der Waals surface area (Å²) in [4.78, 5) is 24.6. The average molecular weight is 324 g/mol. The number of unbranched alkanes of at least 4 members (excludes halogenated alkanes) is 3. The van der Waals surface area contributed by atoms with Crippen LogP contribution in [0.15, 0.2) is 12.2 Å². The van der Waals surface area contributed by atoms with Crippen LogP contribution in [0.5, 0.6) is 0 Å². The molecule has 0 spiro atoms. The van der Waals surface area contributed by atoms with Gasteiger partial charge >= 0.3 is 11.9 Å². The van der Waals surface area contributed by atoms with Gasteiger partial charge in [0, 0.05) is 0 Å². The first-order valence-corrected chi connectivity index (χ1v) is 8.89. The zero-order valence-corrected chi connectivity index (χ0v) is 15.0. The zero-order chi connectivity index (χ0) is 17.7. The average Bonchev–Trinajstić information content (AvgIpc) is 2.50. The number of carbonyl (C=O) groups is 2. The molecule has 1 aliphatic carbocycles. The van der Waals surface area contributed by atoms with Gasteiger partial charge in [0.2, 0.25) is 0 Å². The fraction of sp³-hybridized carbons (Fsp3) is 0.789. The molecule has 0 aromatic carbocycles. The van der Waals surface area contributed by atoms with Crippen molar-refractivity contribution in [1.82, 2.24) is 0 Å². The van der Waals surface area contributed by atoms with Crippen LogP contribution in [0, 0.1) is 22.7 Å². The second-order valence-corrected chi connectivity index (χ2v) is 7.34. The van der Waals surface area contributed by atoms with Gasteiger partial charge < -0.3 is 10.2 Å². The molecule has 0 radical (unpaired) electrons. The molecule has 4 nitrogen and oxygen atoms in total. The van der Waals surface area contributed by atoms with E-state index >= 15 is 0 Å². The number of rotatable bonds is 9. The van der Waals surface area contributed by atoms with Gasteiger partial charge in [0.05, 0.1) is 10.8 Å². The third kappa shape index (κ3) is 3.31. The lowest BCUT2D eigenvalue weighted by molar-refractivity contribution is -0.187. The lowest BCUT2D eigenvalue weighted by Crippen LogP contribution is -2.59. The van der Waals surface area contributed by atoms with E-state index in [1.807, 2.05) is 32.9 Å². The fourth-order valence-corrected chi connectivity index (χ4v) is 4.43. The molecule has 1 aliphatic rings. The quantitative estimate of drug-likeness (QED) is 0.474. The molecule has 1 rings (SSSR count). The highest BCUT2D eigenvalue weighted by atomic mass is 16.4. The number of aliphatic carboxylic acids is 2. The smallest absolute Gasteiger partial charge is 0.311 e. The molecule has 0 aromatic heterocycles.